The summed E-state index contributed by atoms with van der Waals surface area (Å²) in [6.07, 6.45) is 4.15. The number of rotatable bonds is 0. The molecule has 3 heterocycles. The standard InChI is InChI=1S/C12H14O4/c13-12-15-10-4-3-5(11(10)16-12)9-7-2-1-6(14-7)8(4)9/h4-11H,1-3H2/t4?,5?,6?,7?,8-,9?,10?,11?/m0/s1. The molecule has 5 rings (SSSR count). The second-order valence-electron chi connectivity index (χ2n) is 5.92. The lowest BCUT2D eigenvalue weighted by atomic mass is 9.69. The molecule has 7 unspecified atom stereocenters. The van der Waals surface area contributed by atoms with Crippen molar-refractivity contribution in [2.45, 2.75) is 43.7 Å². The zero-order valence-electron chi connectivity index (χ0n) is 8.87. The first-order valence-electron chi connectivity index (χ1n) is 6.35. The molecule has 3 saturated heterocycles. The number of hydrogen-bond acceptors (Lipinski definition) is 4. The fourth-order valence-electron chi connectivity index (χ4n) is 5.25. The second kappa shape index (κ2) is 2.40. The van der Waals surface area contributed by atoms with Gasteiger partial charge in [0.05, 0.1) is 12.2 Å². The Balaban J connectivity index is 1.57. The highest BCUT2D eigenvalue weighted by Crippen LogP contribution is 2.64. The highest BCUT2D eigenvalue weighted by molar-refractivity contribution is 5.63. The van der Waals surface area contributed by atoms with Crippen molar-refractivity contribution in [3.05, 3.63) is 0 Å². The quantitative estimate of drug-likeness (QED) is 0.580. The summed E-state index contributed by atoms with van der Waals surface area (Å²) in [4.78, 5) is 11.2. The van der Waals surface area contributed by atoms with Crippen LogP contribution >= 0.6 is 0 Å². The van der Waals surface area contributed by atoms with E-state index in [0.29, 0.717) is 35.9 Å². The van der Waals surface area contributed by atoms with Crippen molar-refractivity contribution < 1.29 is 19.0 Å². The summed E-state index contributed by atoms with van der Waals surface area (Å²) in [5.74, 6) is 2.34. The molecular weight excluding hydrogens is 208 g/mol. The lowest BCUT2D eigenvalue weighted by Gasteiger charge is -2.35. The first kappa shape index (κ1) is 8.34. The van der Waals surface area contributed by atoms with Crippen LogP contribution in [0.4, 0.5) is 4.79 Å². The molecular formula is C12H14O4. The number of hydrogen-bond donors (Lipinski definition) is 0. The van der Waals surface area contributed by atoms with E-state index in [2.05, 4.69) is 0 Å². The van der Waals surface area contributed by atoms with Gasteiger partial charge in [-0.2, -0.15) is 0 Å². The number of ether oxygens (including phenoxy) is 3. The van der Waals surface area contributed by atoms with E-state index in [4.69, 9.17) is 14.2 Å². The Hall–Kier alpha value is -0.770. The van der Waals surface area contributed by atoms with Crippen LogP contribution in [0.3, 0.4) is 0 Å². The molecule has 4 nitrogen and oxygen atoms in total. The minimum Gasteiger partial charge on any atom is -0.427 e. The van der Waals surface area contributed by atoms with Gasteiger partial charge in [0.1, 0.15) is 12.2 Å². The van der Waals surface area contributed by atoms with Gasteiger partial charge in [-0.05, 0) is 31.1 Å². The van der Waals surface area contributed by atoms with Crippen molar-refractivity contribution in [1.29, 1.82) is 0 Å². The average molecular weight is 222 g/mol. The molecule has 5 aliphatic rings. The smallest absolute Gasteiger partial charge is 0.427 e. The summed E-state index contributed by atoms with van der Waals surface area (Å²) in [5, 5.41) is 0. The van der Waals surface area contributed by atoms with Gasteiger partial charge in [0, 0.05) is 11.8 Å². The van der Waals surface area contributed by atoms with Crippen LogP contribution in [0.2, 0.25) is 0 Å². The molecule has 8 atom stereocenters. The van der Waals surface area contributed by atoms with Crippen LogP contribution in [0, 0.1) is 23.7 Å². The van der Waals surface area contributed by atoms with Gasteiger partial charge in [-0.1, -0.05) is 0 Å². The maximum absolute atomic E-state index is 11.2. The van der Waals surface area contributed by atoms with Gasteiger partial charge in [-0.25, -0.2) is 4.79 Å². The maximum atomic E-state index is 11.2. The van der Waals surface area contributed by atoms with Crippen LogP contribution in [0.5, 0.6) is 0 Å². The average Bonchev–Trinajstić information content (AvgIpc) is 2.98. The number of carbonyl (C=O) groups is 1. The fourth-order valence-corrected chi connectivity index (χ4v) is 5.25. The molecule has 5 fully saturated rings. The first-order valence-corrected chi connectivity index (χ1v) is 6.35. The third-order valence-electron chi connectivity index (χ3n) is 5.55. The van der Waals surface area contributed by atoms with Crippen molar-refractivity contribution in [2.24, 2.45) is 23.7 Å². The number of fused-ring (bicyclic) bond motifs is 12. The molecule has 0 radical (unpaired) electrons. The van der Waals surface area contributed by atoms with E-state index in [1.165, 1.54) is 19.3 Å². The van der Waals surface area contributed by atoms with Gasteiger partial charge in [-0.15, -0.1) is 0 Å². The van der Waals surface area contributed by atoms with Gasteiger partial charge in [0.15, 0.2) is 0 Å². The van der Waals surface area contributed by atoms with Crippen LogP contribution in [-0.2, 0) is 14.2 Å². The van der Waals surface area contributed by atoms with Crippen LogP contribution in [0.1, 0.15) is 19.3 Å². The van der Waals surface area contributed by atoms with Gasteiger partial charge < -0.3 is 14.2 Å². The molecule has 0 aromatic carbocycles. The lowest BCUT2D eigenvalue weighted by molar-refractivity contribution is 0.0269. The molecule has 86 valence electrons. The van der Waals surface area contributed by atoms with E-state index in [-0.39, 0.29) is 12.2 Å². The molecule has 0 spiro atoms. The lowest BCUT2D eigenvalue weighted by Crippen LogP contribution is -2.44. The van der Waals surface area contributed by atoms with Crippen LogP contribution < -0.4 is 0 Å². The third kappa shape index (κ3) is 0.725. The molecule has 4 bridgehead atoms. The van der Waals surface area contributed by atoms with E-state index in [1.54, 1.807) is 0 Å². The Bertz CT molecular complexity index is 349. The van der Waals surface area contributed by atoms with E-state index in [0.717, 1.165) is 0 Å². The van der Waals surface area contributed by atoms with Crippen LogP contribution in [0.15, 0.2) is 0 Å². The number of carbonyl (C=O) groups excluding carboxylic acids is 1. The van der Waals surface area contributed by atoms with E-state index >= 15 is 0 Å². The SMILES string of the molecule is O=C1OC2C3CC(C2O1)[C@H]1C2CCC(O2)C31. The van der Waals surface area contributed by atoms with E-state index in [9.17, 15) is 4.79 Å². The Morgan fingerprint density at radius 3 is 2.06 bits per heavy atom. The summed E-state index contributed by atoms with van der Waals surface area (Å²) in [7, 11) is 0. The summed E-state index contributed by atoms with van der Waals surface area (Å²) < 4.78 is 16.7. The zero-order valence-corrected chi connectivity index (χ0v) is 8.87. The summed E-state index contributed by atoms with van der Waals surface area (Å²) in [6.45, 7) is 0. The van der Waals surface area contributed by atoms with E-state index in [1.807, 2.05) is 0 Å². The molecule has 16 heavy (non-hydrogen) atoms. The summed E-state index contributed by atoms with van der Waals surface area (Å²) in [5.41, 5.74) is 0. The van der Waals surface area contributed by atoms with Crippen molar-refractivity contribution >= 4 is 6.16 Å². The van der Waals surface area contributed by atoms with Crippen LogP contribution in [0.25, 0.3) is 0 Å². The topological polar surface area (TPSA) is 44.8 Å². The highest BCUT2D eigenvalue weighted by atomic mass is 16.8. The molecule has 0 N–H and O–H groups in total. The summed E-state index contributed by atoms with van der Waals surface area (Å²) in [6, 6.07) is 0. The minimum absolute atomic E-state index is 0.0432. The van der Waals surface area contributed by atoms with Gasteiger partial charge in [0.25, 0.3) is 0 Å². The highest BCUT2D eigenvalue weighted by Gasteiger charge is 2.70. The molecule has 4 heteroatoms. The normalized spacial score (nSPS) is 64.4. The predicted molar refractivity (Wildman–Crippen MR) is 51.6 cm³/mol. The Morgan fingerprint density at radius 1 is 0.938 bits per heavy atom. The van der Waals surface area contributed by atoms with Gasteiger partial charge in [-0.3, -0.25) is 0 Å². The van der Waals surface area contributed by atoms with Crippen molar-refractivity contribution in [3.63, 3.8) is 0 Å². The monoisotopic (exact) mass is 222 g/mol. The molecule has 3 aliphatic heterocycles. The molecule has 0 aromatic rings. The third-order valence-corrected chi connectivity index (χ3v) is 5.55. The fraction of sp³-hybridized carbons (Fsp3) is 0.917. The first-order chi connectivity index (χ1) is 7.83. The largest absolute Gasteiger partial charge is 0.509 e. The predicted octanol–water partition coefficient (Wildman–Crippen LogP) is 1.33. The summed E-state index contributed by atoms with van der Waals surface area (Å²) >= 11 is 0. The molecule has 2 saturated carbocycles. The molecule has 2 aliphatic carbocycles. The zero-order chi connectivity index (χ0) is 10.4. The Morgan fingerprint density at radius 2 is 1.50 bits per heavy atom. The molecule has 0 amide bonds. The second-order valence-corrected chi connectivity index (χ2v) is 5.92. The van der Waals surface area contributed by atoms with Crippen molar-refractivity contribution in [3.8, 4) is 0 Å². The Kier molecular flexibility index (Phi) is 1.25. The van der Waals surface area contributed by atoms with Crippen molar-refractivity contribution in [2.75, 3.05) is 0 Å². The van der Waals surface area contributed by atoms with Gasteiger partial charge >= 0.3 is 6.16 Å². The molecule has 0 aromatic heterocycles. The minimum atomic E-state index is -0.446. The Labute approximate surface area is 93.2 Å². The van der Waals surface area contributed by atoms with Crippen LogP contribution in [-0.4, -0.2) is 30.6 Å². The van der Waals surface area contributed by atoms with E-state index < -0.39 is 6.16 Å². The maximum Gasteiger partial charge on any atom is 0.509 e. The van der Waals surface area contributed by atoms with Crippen molar-refractivity contribution in [1.82, 2.24) is 0 Å². The van der Waals surface area contributed by atoms with Gasteiger partial charge in [0.2, 0.25) is 0 Å².